The van der Waals surface area contributed by atoms with Gasteiger partial charge in [0, 0.05) is 13.1 Å². The van der Waals surface area contributed by atoms with Crippen LogP contribution in [0.3, 0.4) is 0 Å². The maximum atomic E-state index is 12.2. The third-order valence-corrected chi connectivity index (χ3v) is 5.93. The zero-order chi connectivity index (χ0) is 14.9. The van der Waals surface area contributed by atoms with Gasteiger partial charge in [0.25, 0.3) is 0 Å². The van der Waals surface area contributed by atoms with E-state index in [-0.39, 0.29) is 5.75 Å². The van der Waals surface area contributed by atoms with E-state index in [0.717, 1.165) is 23.0 Å². The molecule has 1 aromatic rings. The number of benzene rings is 1. The predicted octanol–water partition coefficient (Wildman–Crippen LogP) is 2.00. The summed E-state index contributed by atoms with van der Waals surface area (Å²) in [5.74, 6) is 2.16. The first-order valence-corrected chi connectivity index (χ1v) is 9.48. The maximum Gasteiger partial charge on any atom is 0.215 e. The molecule has 1 aromatic carbocycles. The average molecular weight is 308 g/mol. The van der Waals surface area contributed by atoms with Crippen LogP contribution in [0.25, 0.3) is 0 Å². The summed E-state index contributed by atoms with van der Waals surface area (Å²) in [4.78, 5) is 0. The molecule has 0 spiro atoms. The van der Waals surface area contributed by atoms with E-state index >= 15 is 0 Å². The molecular weight excluding hydrogens is 284 g/mol. The van der Waals surface area contributed by atoms with Crippen LogP contribution in [0.1, 0.15) is 36.8 Å². The molecule has 0 heterocycles. The predicted molar refractivity (Wildman–Crippen MR) is 83.9 cm³/mol. The van der Waals surface area contributed by atoms with Gasteiger partial charge in [0.1, 0.15) is 0 Å². The summed E-state index contributed by atoms with van der Waals surface area (Å²) in [6, 6.07) is 7.48. The van der Waals surface area contributed by atoms with Gasteiger partial charge in [0.05, 0.1) is 5.75 Å². The van der Waals surface area contributed by atoms with Crippen LogP contribution in [-0.4, -0.2) is 15.0 Å². The molecule has 21 heavy (non-hydrogen) atoms. The summed E-state index contributed by atoms with van der Waals surface area (Å²) >= 11 is 0. The lowest BCUT2D eigenvalue weighted by Gasteiger charge is -2.16. The highest BCUT2D eigenvalue weighted by Gasteiger charge is 2.41. The minimum Gasteiger partial charge on any atom is -0.326 e. The van der Waals surface area contributed by atoms with Crippen molar-refractivity contribution in [2.45, 2.75) is 38.0 Å². The molecule has 3 N–H and O–H groups in total. The Morgan fingerprint density at radius 1 is 1.05 bits per heavy atom. The van der Waals surface area contributed by atoms with Crippen LogP contribution in [0, 0.1) is 17.8 Å². The van der Waals surface area contributed by atoms with Crippen LogP contribution in [0.5, 0.6) is 0 Å². The van der Waals surface area contributed by atoms with Gasteiger partial charge in [-0.15, -0.1) is 0 Å². The quantitative estimate of drug-likeness (QED) is 0.771. The molecule has 0 aliphatic heterocycles. The third kappa shape index (κ3) is 4.28. The van der Waals surface area contributed by atoms with Crippen molar-refractivity contribution in [1.29, 1.82) is 0 Å². The molecule has 116 valence electrons. The molecule has 3 rings (SSSR count). The second-order valence-electron chi connectivity index (χ2n) is 6.47. The molecule has 2 fully saturated rings. The summed E-state index contributed by atoms with van der Waals surface area (Å²) in [7, 11) is -3.24. The normalized spacial score (nSPS) is 19.1. The first kappa shape index (κ1) is 15.0. The molecule has 0 amide bonds. The molecule has 2 aliphatic rings. The largest absolute Gasteiger partial charge is 0.326 e. The van der Waals surface area contributed by atoms with Crippen molar-refractivity contribution in [2.24, 2.45) is 23.5 Å². The van der Waals surface area contributed by atoms with Gasteiger partial charge in [-0.05, 0) is 54.6 Å². The Hall–Kier alpha value is -0.910. The Labute approximate surface area is 127 Å². The van der Waals surface area contributed by atoms with E-state index in [4.69, 9.17) is 5.73 Å². The van der Waals surface area contributed by atoms with Crippen LogP contribution in [0.2, 0.25) is 0 Å². The van der Waals surface area contributed by atoms with Gasteiger partial charge in [-0.1, -0.05) is 24.3 Å². The molecule has 4 nitrogen and oxygen atoms in total. The van der Waals surface area contributed by atoms with Crippen LogP contribution >= 0.6 is 0 Å². The third-order valence-electron chi connectivity index (χ3n) is 4.61. The molecule has 0 aromatic heterocycles. The fraction of sp³-hybridized carbons (Fsp3) is 0.625. The van der Waals surface area contributed by atoms with Gasteiger partial charge in [-0.25, -0.2) is 13.1 Å². The Morgan fingerprint density at radius 2 is 1.57 bits per heavy atom. The van der Waals surface area contributed by atoms with Gasteiger partial charge in [-0.2, -0.15) is 0 Å². The number of nitrogens with one attached hydrogen (secondary N) is 1. The number of hydrogen-bond acceptors (Lipinski definition) is 3. The topological polar surface area (TPSA) is 72.2 Å². The Morgan fingerprint density at radius 3 is 2.05 bits per heavy atom. The molecule has 0 bridgehead atoms. The number of sulfonamides is 1. The van der Waals surface area contributed by atoms with Crippen molar-refractivity contribution in [2.75, 3.05) is 6.54 Å². The van der Waals surface area contributed by atoms with Crippen LogP contribution < -0.4 is 10.5 Å². The molecule has 0 saturated heterocycles. The standard InChI is InChI=1S/C16H24N2O2S/c17-9-12-1-3-13(4-2-12)11-21(19,20)18-10-16(14-5-6-14)15-7-8-15/h1-4,14-16,18H,5-11,17H2. The number of hydrogen-bond donors (Lipinski definition) is 2. The Bertz CT molecular complexity index is 563. The molecule has 2 saturated carbocycles. The fourth-order valence-corrected chi connectivity index (χ4v) is 4.21. The highest BCUT2D eigenvalue weighted by atomic mass is 32.2. The van der Waals surface area contributed by atoms with Gasteiger partial charge in [0.2, 0.25) is 10.0 Å². The molecule has 5 heteroatoms. The Balaban J connectivity index is 1.55. The van der Waals surface area contributed by atoms with Gasteiger partial charge in [-0.3, -0.25) is 0 Å². The van der Waals surface area contributed by atoms with E-state index in [1.54, 1.807) is 0 Å². The SMILES string of the molecule is NCc1ccc(CS(=O)(=O)NCC(C2CC2)C2CC2)cc1. The van der Waals surface area contributed by atoms with Crippen molar-refractivity contribution in [1.82, 2.24) is 4.72 Å². The van der Waals surface area contributed by atoms with Crippen molar-refractivity contribution >= 4 is 10.0 Å². The van der Waals surface area contributed by atoms with Crippen LogP contribution in [0.15, 0.2) is 24.3 Å². The lowest BCUT2D eigenvalue weighted by molar-refractivity contribution is 0.401. The monoisotopic (exact) mass is 308 g/mol. The second-order valence-corrected chi connectivity index (χ2v) is 8.27. The Kier molecular flexibility index (Phi) is 4.33. The summed E-state index contributed by atoms with van der Waals surface area (Å²) < 4.78 is 27.2. The van der Waals surface area contributed by atoms with Gasteiger partial charge < -0.3 is 5.73 Å². The lowest BCUT2D eigenvalue weighted by atomic mass is 9.99. The lowest BCUT2D eigenvalue weighted by Crippen LogP contribution is -2.32. The van der Waals surface area contributed by atoms with E-state index in [0.29, 0.717) is 19.0 Å². The van der Waals surface area contributed by atoms with E-state index < -0.39 is 10.0 Å². The van der Waals surface area contributed by atoms with Crippen molar-refractivity contribution in [3.63, 3.8) is 0 Å². The van der Waals surface area contributed by atoms with Crippen molar-refractivity contribution < 1.29 is 8.42 Å². The number of rotatable bonds is 8. The second kappa shape index (κ2) is 6.07. The van der Waals surface area contributed by atoms with Crippen molar-refractivity contribution in [3.8, 4) is 0 Å². The van der Waals surface area contributed by atoms with Gasteiger partial charge >= 0.3 is 0 Å². The van der Waals surface area contributed by atoms with E-state index in [9.17, 15) is 8.42 Å². The smallest absolute Gasteiger partial charge is 0.215 e. The summed E-state index contributed by atoms with van der Waals surface area (Å²) in [6.07, 6.45) is 5.12. The summed E-state index contributed by atoms with van der Waals surface area (Å²) in [5, 5.41) is 0. The highest BCUT2D eigenvalue weighted by Crippen LogP contribution is 2.48. The zero-order valence-corrected chi connectivity index (χ0v) is 13.1. The minimum absolute atomic E-state index is 0.0555. The zero-order valence-electron chi connectivity index (χ0n) is 12.3. The fourth-order valence-electron chi connectivity index (χ4n) is 3.03. The van der Waals surface area contributed by atoms with E-state index in [1.165, 1.54) is 25.7 Å². The van der Waals surface area contributed by atoms with Crippen molar-refractivity contribution in [3.05, 3.63) is 35.4 Å². The minimum atomic E-state index is -3.24. The van der Waals surface area contributed by atoms with Crippen LogP contribution in [0.4, 0.5) is 0 Å². The van der Waals surface area contributed by atoms with E-state index in [2.05, 4.69) is 4.72 Å². The molecule has 0 radical (unpaired) electrons. The highest BCUT2D eigenvalue weighted by molar-refractivity contribution is 7.88. The molecule has 2 aliphatic carbocycles. The molecule has 0 unspecified atom stereocenters. The maximum absolute atomic E-state index is 12.2. The summed E-state index contributed by atoms with van der Waals surface area (Å²) in [5.41, 5.74) is 7.38. The van der Waals surface area contributed by atoms with Crippen LogP contribution in [-0.2, 0) is 22.3 Å². The van der Waals surface area contributed by atoms with Gasteiger partial charge in [0.15, 0.2) is 0 Å². The summed E-state index contributed by atoms with van der Waals surface area (Å²) in [6.45, 7) is 1.11. The first-order chi connectivity index (χ1) is 10.1. The molecule has 0 atom stereocenters. The first-order valence-electron chi connectivity index (χ1n) is 7.82. The van der Waals surface area contributed by atoms with E-state index in [1.807, 2.05) is 24.3 Å². The average Bonchev–Trinajstić information content (AvgIpc) is 3.33. The number of nitrogens with two attached hydrogens (primary N) is 1. The molecular formula is C16H24N2O2S.